The van der Waals surface area contributed by atoms with E-state index in [0.29, 0.717) is 6.04 Å². The molecule has 2 nitrogen and oxygen atoms in total. The number of hydrogen-bond acceptors (Lipinski definition) is 2. The van der Waals surface area contributed by atoms with Gasteiger partial charge >= 0.3 is 0 Å². The summed E-state index contributed by atoms with van der Waals surface area (Å²) < 4.78 is 5.43. The predicted octanol–water partition coefficient (Wildman–Crippen LogP) is 3.61. The van der Waals surface area contributed by atoms with E-state index >= 15 is 0 Å². The second-order valence-corrected chi connectivity index (χ2v) is 5.08. The van der Waals surface area contributed by atoms with Crippen molar-refractivity contribution in [2.24, 2.45) is 0 Å². The Kier molecular flexibility index (Phi) is 4.36. The molecule has 0 spiro atoms. The lowest BCUT2D eigenvalue weighted by Gasteiger charge is -2.27. The van der Waals surface area contributed by atoms with E-state index in [1.807, 2.05) is 0 Å². The number of ether oxygens (including phenoxy) is 1. The summed E-state index contributed by atoms with van der Waals surface area (Å²) in [5.74, 6) is 0. The molecule has 90 valence electrons. The summed E-state index contributed by atoms with van der Waals surface area (Å²) in [7, 11) is 1.76. The van der Waals surface area contributed by atoms with Crippen LogP contribution in [0.25, 0.3) is 0 Å². The molecule has 1 aromatic rings. The second-order valence-electron chi connectivity index (χ2n) is 5.08. The third kappa shape index (κ3) is 4.23. The van der Waals surface area contributed by atoms with Gasteiger partial charge in [0.05, 0.1) is 5.60 Å². The Labute approximate surface area is 99.0 Å². The molecule has 1 N–H and O–H groups in total. The van der Waals surface area contributed by atoms with E-state index in [1.165, 1.54) is 11.3 Å². The summed E-state index contributed by atoms with van der Waals surface area (Å²) in [5.41, 5.74) is 2.39. The molecule has 0 saturated carbocycles. The normalized spacial score (nSPS) is 13.6. The molecular formula is C14H23NO. The molecule has 0 heterocycles. The largest absolute Gasteiger partial charge is 0.382 e. The molecule has 1 aromatic carbocycles. The standard InChI is InChI=1S/C14H23NO/c1-11-7-6-8-13(9-11)15-12(2)10-14(3,4)16-5/h6-9,12,15H,10H2,1-5H3. The highest BCUT2D eigenvalue weighted by atomic mass is 16.5. The topological polar surface area (TPSA) is 21.3 Å². The first-order chi connectivity index (χ1) is 7.43. The maximum absolute atomic E-state index is 5.43. The van der Waals surface area contributed by atoms with E-state index in [0.717, 1.165) is 6.42 Å². The van der Waals surface area contributed by atoms with Gasteiger partial charge in [0, 0.05) is 18.8 Å². The van der Waals surface area contributed by atoms with Gasteiger partial charge in [-0.05, 0) is 51.8 Å². The van der Waals surface area contributed by atoms with Crippen LogP contribution in [-0.2, 0) is 4.74 Å². The van der Waals surface area contributed by atoms with E-state index in [1.54, 1.807) is 7.11 Å². The van der Waals surface area contributed by atoms with Crippen molar-refractivity contribution in [3.8, 4) is 0 Å². The van der Waals surface area contributed by atoms with Gasteiger partial charge in [0.25, 0.3) is 0 Å². The van der Waals surface area contributed by atoms with Crippen LogP contribution in [0.1, 0.15) is 32.8 Å². The van der Waals surface area contributed by atoms with Gasteiger partial charge in [-0.1, -0.05) is 12.1 Å². The van der Waals surface area contributed by atoms with Crippen molar-refractivity contribution in [1.82, 2.24) is 0 Å². The van der Waals surface area contributed by atoms with Crippen LogP contribution in [0.3, 0.4) is 0 Å². The number of nitrogens with one attached hydrogen (secondary N) is 1. The number of rotatable bonds is 5. The minimum Gasteiger partial charge on any atom is -0.382 e. The van der Waals surface area contributed by atoms with Crippen LogP contribution in [0.15, 0.2) is 24.3 Å². The Morgan fingerprint density at radius 2 is 2.06 bits per heavy atom. The van der Waals surface area contributed by atoms with Crippen LogP contribution in [0.4, 0.5) is 5.69 Å². The summed E-state index contributed by atoms with van der Waals surface area (Å²) in [6, 6.07) is 8.84. The number of anilines is 1. The van der Waals surface area contributed by atoms with E-state index in [-0.39, 0.29) is 5.60 Å². The number of benzene rings is 1. The molecule has 0 radical (unpaired) electrons. The first-order valence-corrected chi connectivity index (χ1v) is 5.81. The van der Waals surface area contributed by atoms with Gasteiger partial charge in [0.15, 0.2) is 0 Å². The fourth-order valence-electron chi connectivity index (χ4n) is 1.89. The summed E-state index contributed by atoms with van der Waals surface area (Å²) in [4.78, 5) is 0. The Bertz CT molecular complexity index is 333. The van der Waals surface area contributed by atoms with Gasteiger partial charge in [-0.25, -0.2) is 0 Å². The van der Waals surface area contributed by atoms with Gasteiger partial charge in [-0.15, -0.1) is 0 Å². The third-order valence-corrected chi connectivity index (χ3v) is 2.78. The van der Waals surface area contributed by atoms with E-state index in [4.69, 9.17) is 4.74 Å². The minimum atomic E-state index is -0.0732. The molecule has 0 amide bonds. The van der Waals surface area contributed by atoms with E-state index in [2.05, 4.69) is 57.3 Å². The fourth-order valence-corrected chi connectivity index (χ4v) is 1.89. The van der Waals surface area contributed by atoms with Crippen molar-refractivity contribution in [3.63, 3.8) is 0 Å². The second kappa shape index (κ2) is 5.35. The van der Waals surface area contributed by atoms with Crippen LogP contribution in [0, 0.1) is 6.92 Å². The van der Waals surface area contributed by atoms with Crippen molar-refractivity contribution in [2.45, 2.75) is 45.8 Å². The smallest absolute Gasteiger partial charge is 0.0642 e. The zero-order valence-electron chi connectivity index (χ0n) is 11.0. The van der Waals surface area contributed by atoms with Gasteiger partial charge < -0.3 is 10.1 Å². The van der Waals surface area contributed by atoms with Crippen LogP contribution >= 0.6 is 0 Å². The first kappa shape index (κ1) is 13.0. The number of aryl methyl sites for hydroxylation is 1. The van der Waals surface area contributed by atoms with Crippen LogP contribution in [0.5, 0.6) is 0 Å². The van der Waals surface area contributed by atoms with Crippen molar-refractivity contribution < 1.29 is 4.74 Å². The molecular weight excluding hydrogens is 198 g/mol. The van der Waals surface area contributed by atoms with Crippen molar-refractivity contribution >= 4 is 5.69 Å². The van der Waals surface area contributed by atoms with Crippen molar-refractivity contribution in [1.29, 1.82) is 0 Å². The molecule has 0 bridgehead atoms. The Balaban J connectivity index is 2.55. The molecule has 2 heteroatoms. The third-order valence-electron chi connectivity index (χ3n) is 2.78. The van der Waals surface area contributed by atoms with Crippen LogP contribution in [-0.4, -0.2) is 18.8 Å². The highest BCUT2D eigenvalue weighted by Gasteiger charge is 2.19. The molecule has 0 aromatic heterocycles. The number of hydrogen-bond donors (Lipinski definition) is 1. The summed E-state index contributed by atoms with van der Waals surface area (Å²) >= 11 is 0. The molecule has 0 aliphatic rings. The van der Waals surface area contributed by atoms with Crippen molar-refractivity contribution in [3.05, 3.63) is 29.8 Å². The molecule has 16 heavy (non-hydrogen) atoms. The minimum absolute atomic E-state index is 0.0732. The Hall–Kier alpha value is -1.02. The summed E-state index contributed by atoms with van der Waals surface area (Å²) in [6.07, 6.45) is 0.984. The van der Waals surface area contributed by atoms with Crippen molar-refractivity contribution in [2.75, 3.05) is 12.4 Å². The van der Waals surface area contributed by atoms with Gasteiger partial charge in [-0.2, -0.15) is 0 Å². The van der Waals surface area contributed by atoms with Gasteiger partial charge in [-0.3, -0.25) is 0 Å². The van der Waals surface area contributed by atoms with E-state index in [9.17, 15) is 0 Å². The maximum Gasteiger partial charge on any atom is 0.0642 e. The van der Waals surface area contributed by atoms with Gasteiger partial charge in [0.2, 0.25) is 0 Å². The molecule has 0 saturated heterocycles. The molecule has 0 aliphatic heterocycles. The molecule has 1 rings (SSSR count). The lowest BCUT2D eigenvalue weighted by atomic mass is 9.99. The monoisotopic (exact) mass is 221 g/mol. The molecule has 0 fully saturated rings. The van der Waals surface area contributed by atoms with Crippen LogP contribution < -0.4 is 5.32 Å². The highest BCUT2D eigenvalue weighted by Crippen LogP contribution is 2.19. The Morgan fingerprint density at radius 1 is 1.38 bits per heavy atom. The zero-order valence-corrected chi connectivity index (χ0v) is 11.0. The number of methoxy groups -OCH3 is 1. The lowest BCUT2D eigenvalue weighted by Crippen LogP contribution is -2.31. The quantitative estimate of drug-likeness (QED) is 0.820. The SMILES string of the molecule is COC(C)(C)CC(C)Nc1cccc(C)c1. The first-order valence-electron chi connectivity index (χ1n) is 5.81. The van der Waals surface area contributed by atoms with E-state index < -0.39 is 0 Å². The molecule has 1 atom stereocenters. The predicted molar refractivity (Wildman–Crippen MR) is 70.0 cm³/mol. The molecule has 1 unspecified atom stereocenters. The Morgan fingerprint density at radius 3 is 2.62 bits per heavy atom. The summed E-state index contributed by atoms with van der Waals surface area (Å²) in [6.45, 7) is 8.51. The molecule has 0 aliphatic carbocycles. The summed E-state index contributed by atoms with van der Waals surface area (Å²) in [5, 5.41) is 3.49. The van der Waals surface area contributed by atoms with Crippen LogP contribution in [0.2, 0.25) is 0 Å². The fraction of sp³-hybridized carbons (Fsp3) is 0.571. The zero-order chi connectivity index (χ0) is 12.2. The average Bonchev–Trinajstić information content (AvgIpc) is 2.16. The average molecular weight is 221 g/mol. The lowest BCUT2D eigenvalue weighted by molar-refractivity contribution is 0.0128. The maximum atomic E-state index is 5.43. The van der Waals surface area contributed by atoms with Gasteiger partial charge in [0.1, 0.15) is 0 Å². The highest BCUT2D eigenvalue weighted by molar-refractivity contribution is 5.46.